The predicted octanol–water partition coefficient (Wildman–Crippen LogP) is 0.0577. The summed E-state index contributed by atoms with van der Waals surface area (Å²) < 4.78 is 65.4. The van der Waals surface area contributed by atoms with Crippen molar-refractivity contribution in [1.82, 2.24) is 0 Å². The molecule has 0 saturated heterocycles. The molecule has 0 radical (unpaired) electrons. The molecule has 9 heteroatoms. The van der Waals surface area contributed by atoms with E-state index in [1.165, 1.54) is 0 Å². The minimum Gasteiger partial charge on any atom is -0.279 e. The number of halogens is 3. The van der Waals surface area contributed by atoms with Crippen LogP contribution in [0, 0.1) is 0 Å². The molecule has 0 atom stereocenters. The van der Waals surface area contributed by atoms with Crippen molar-refractivity contribution in [3.63, 3.8) is 0 Å². The summed E-state index contributed by atoms with van der Waals surface area (Å²) >= 11 is 2.83. The Hall–Kier alpha value is -0.280. The molecule has 0 heterocycles. The van der Waals surface area contributed by atoms with Crippen LogP contribution in [-0.4, -0.2) is 22.7 Å². The SMILES string of the molecule is O=S.O=S(=O)(O)C(F)(F)F. The second kappa shape index (κ2) is 3.78. The summed E-state index contributed by atoms with van der Waals surface area (Å²) in [6, 6.07) is 0. The van der Waals surface area contributed by atoms with E-state index >= 15 is 0 Å². The zero-order valence-electron chi connectivity index (χ0n) is 4.12. The van der Waals surface area contributed by atoms with Crippen molar-refractivity contribution in [3.8, 4) is 0 Å². The number of rotatable bonds is 0. The Labute approximate surface area is 59.3 Å². The molecule has 0 aromatic heterocycles. The maximum absolute atomic E-state index is 10.7. The molecule has 0 aliphatic carbocycles. The van der Waals surface area contributed by atoms with Gasteiger partial charge in [-0.2, -0.15) is 25.8 Å². The minimum atomic E-state index is -5.84. The van der Waals surface area contributed by atoms with Crippen LogP contribution in [0.2, 0.25) is 0 Å². The smallest absolute Gasteiger partial charge is 0.279 e. The Morgan fingerprint density at radius 3 is 1.30 bits per heavy atom. The lowest BCUT2D eigenvalue weighted by atomic mass is 11.6. The maximum atomic E-state index is 10.7. The Kier molecular flexibility index (Phi) is 4.69. The van der Waals surface area contributed by atoms with Crippen LogP contribution in [0.15, 0.2) is 0 Å². The van der Waals surface area contributed by atoms with E-state index in [0.717, 1.165) is 0 Å². The van der Waals surface area contributed by atoms with Gasteiger partial charge in [-0.05, 0) is 0 Å². The first-order valence-electron chi connectivity index (χ1n) is 1.45. The molecule has 0 unspecified atom stereocenters. The summed E-state index contributed by atoms with van der Waals surface area (Å²) in [6.07, 6.45) is 0. The van der Waals surface area contributed by atoms with E-state index in [2.05, 4.69) is 12.5 Å². The second-order valence-corrected chi connectivity index (χ2v) is 2.33. The lowest BCUT2D eigenvalue weighted by Gasteiger charge is -1.97. The van der Waals surface area contributed by atoms with Crippen molar-refractivity contribution in [1.29, 1.82) is 0 Å². The highest BCUT2D eigenvalue weighted by Crippen LogP contribution is 2.20. The summed E-state index contributed by atoms with van der Waals surface area (Å²) in [7, 11) is -5.84. The van der Waals surface area contributed by atoms with E-state index in [0.29, 0.717) is 0 Å². The fourth-order valence-electron chi connectivity index (χ4n) is 0. The van der Waals surface area contributed by atoms with Crippen molar-refractivity contribution in [3.05, 3.63) is 0 Å². The molecule has 4 nitrogen and oxygen atoms in total. The zero-order valence-corrected chi connectivity index (χ0v) is 5.76. The Bertz CT molecular complexity index is 179. The molecular weight excluding hydrogens is 197 g/mol. The lowest BCUT2D eigenvalue weighted by molar-refractivity contribution is -0.0510. The van der Waals surface area contributed by atoms with E-state index in [1.807, 2.05) is 0 Å². The van der Waals surface area contributed by atoms with Crippen molar-refractivity contribution in [2.75, 3.05) is 0 Å². The maximum Gasteiger partial charge on any atom is 0.522 e. The lowest BCUT2D eigenvalue weighted by Crippen LogP contribution is -2.21. The molecule has 0 aliphatic heterocycles. The minimum absolute atomic E-state index is 2.83. The standard InChI is InChI=1S/CHF3O3S.OS/c2-1(3,4)8(5,6)7;1-2/h(H,5,6,7);. The fraction of sp³-hybridized carbons (Fsp3) is 1.00. The van der Waals surface area contributed by atoms with Gasteiger partial charge in [-0.3, -0.25) is 4.55 Å². The van der Waals surface area contributed by atoms with Gasteiger partial charge in [0.05, 0.1) is 0 Å². The van der Waals surface area contributed by atoms with Crippen LogP contribution in [0.3, 0.4) is 0 Å². The van der Waals surface area contributed by atoms with Gasteiger partial charge in [-0.15, -0.1) is 0 Å². The Morgan fingerprint density at radius 2 is 1.30 bits per heavy atom. The van der Waals surface area contributed by atoms with E-state index in [9.17, 15) is 13.2 Å². The number of hydrogen-bond donors (Lipinski definition) is 1. The second-order valence-electron chi connectivity index (χ2n) is 0.921. The number of hydrogen-bond acceptors (Lipinski definition) is 4. The largest absolute Gasteiger partial charge is 0.522 e. The highest BCUT2D eigenvalue weighted by Gasteiger charge is 2.44. The van der Waals surface area contributed by atoms with E-state index in [-0.39, 0.29) is 0 Å². The molecule has 0 spiro atoms. The molecule has 0 aliphatic rings. The molecule has 1 N–H and O–H groups in total. The van der Waals surface area contributed by atoms with Crippen molar-refractivity contribution in [2.45, 2.75) is 5.51 Å². The summed E-state index contributed by atoms with van der Waals surface area (Å²) in [4.78, 5) is 0. The third kappa shape index (κ3) is 4.58. The van der Waals surface area contributed by atoms with Gasteiger partial charge in [0.1, 0.15) is 0 Å². The molecule has 0 aromatic carbocycles. The van der Waals surface area contributed by atoms with Gasteiger partial charge in [0.25, 0.3) is 0 Å². The average Bonchev–Trinajstić information content (AvgIpc) is 1.66. The van der Waals surface area contributed by atoms with E-state index in [1.54, 1.807) is 0 Å². The quantitative estimate of drug-likeness (QED) is 0.440. The van der Waals surface area contributed by atoms with Gasteiger partial charge >= 0.3 is 15.6 Å². The van der Waals surface area contributed by atoms with Gasteiger partial charge in [-0.25, -0.2) is 0 Å². The van der Waals surface area contributed by atoms with Gasteiger partial charge in [-0.1, -0.05) is 0 Å². The van der Waals surface area contributed by atoms with Crippen LogP contribution < -0.4 is 0 Å². The number of alkyl halides is 3. The summed E-state index contributed by atoms with van der Waals surface area (Å²) in [5, 5.41) is 0. The molecule has 0 rings (SSSR count). The molecule has 0 amide bonds. The van der Waals surface area contributed by atoms with Crippen molar-refractivity contribution >= 4 is 22.7 Å². The normalized spacial score (nSPS) is 11.6. The van der Waals surface area contributed by atoms with Gasteiger partial charge < -0.3 is 0 Å². The van der Waals surface area contributed by atoms with Gasteiger partial charge in [0, 0.05) is 0 Å². The first-order chi connectivity index (χ1) is 4.25. The van der Waals surface area contributed by atoms with Crippen molar-refractivity contribution in [2.24, 2.45) is 0 Å². The first-order valence-corrected chi connectivity index (χ1v) is 3.23. The van der Waals surface area contributed by atoms with Crippen LogP contribution in [0.1, 0.15) is 0 Å². The van der Waals surface area contributed by atoms with Crippen LogP contribution in [0.4, 0.5) is 13.2 Å². The van der Waals surface area contributed by atoms with Crippen molar-refractivity contribution < 1.29 is 30.4 Å². The van der Waals surface area contributed by atoms with Crippen LogP contribution in [0.25, 0.3) is 0 Å². The summed E-state index contributed by atoms with van der Waals surface area (Å²) in [5.41, 5.74) is -5.53. The topological polar surface area (TPSA) is 71.4 Å². The fourth-order valence-corrected chi connectivity index (χ4v) is 0. The molecule has 62 valence electrons. The summed E-state index contributed by atoms with van der Waals surface area (Å²) in [5.74, 6) is 0. The van der Waals surface area contributed by atoms with Crippen LogP contribution in [0.5, 0.6) is 0 Å². The van der Waals surface area contributed by atoms with Crippen LogP contribution in [-0.2, 0) is 22.7 Å². The molecule has 0 saturated carbocycles. The average molecular weight is 198 g/mol. The predicted molar refractivity (Wildman–Crippen MR) is 25.7 cm³/mol. The zero-order chi connectivity index (χ0) is 9.00. The van der Waals surface area contributed by atoms with Crippen LogP contribution >= 0.6 is 0 Å². The summed E-state index contributed by atoms with van der Waals surface area (Å²) in [6.45, 7) is 0. The van der Waals surface area contributed by atoms with E-state index < -0.39 is 15.6 Å². The van der Waals surface area contributed by atoms with Gasteiger partial charge in [0.15, 0.2) is 12.5 Å². The Balaban J connectivity index is 0. The third-order valence-electron chi connectivity index (χ3n) is 0.292. The monoisotopic (exact) mass is 198 g/mol. The van der Waals surface area contributed by atoms with E-state index in [4.69, 9.17) is 17.2 Å². The molecule has 0 aromatic rings. The highest BCUT2D eigenvalue weighted by molar-refractivity contribution is 7.86. The molecule has 0 fully saturated rings. The highest BCUT2D eigenvalue weighted by atomic mass is 32.2. The molecule has 0 bridgehead atoms. The van der Waals surface area contributed by atoms with Gasteiger partial charge in [0.2, 0.25) is 0 Å². The first kappa shape index (κ1) is 12.4. The third-order valence-corrected chi connectivity index (χ3v) is 0.877. The molecular formula is CHF3O4S2. The Morgan fingerprint density at radius 1 is 1.20 bits per heavy atom. The molecule has 10 heavy (non-hydrogen) atoms.